The molecule has 0 spiro atoms. The first-order valence-electron chi connectivity index (χ1n) is 6.60. The van der Waals surface area contributed by atoms with E-state index in [1.165, 1.54) is 25.3 Å². The number of esters is 1. The van der Waals surface area contributed by atoms with Gasteiger partial charge in [0, 0.05) is 5.56 Å². The molecule has 1 aromatic carbocycles. The van der Waals surface area contributed by atoms with Gasteiger partial charge in [0.05, 0.1) is 19.6 Å². The van der Waals surface area contributed by atoms with Crippen LogP contribution in [0.2, 0.25) is 0 Å². The zero-order chi connectivity index (χ0) is 15.1. The van der Waals surface area contributed by atoms with Crippen LogP contribution in [0.1, 0.15) is 35.7 Å². The number of ether oxygens (including phenoxy) is 1. The Morgan fingerprint density at radius 2 is 2.10 bits per heavy atom. The van der Waals surface area contributed by atoms with Crippen LogP contribution in [-0.4, -0.2) is 31.4 Å². The first-order chi connectivity index (χ1) is 9.49. The number of benzene rings is 1. The molecule has 0 aliphatic heterocycles. The third-order valence-corrected chi connectivity index (χ3v) is 3.00. The molecule has 1 unspecified atom stereocenters. The number of ketones is 1. The van der Waals surface area contributed by atoms with Gasteiger partial charge in [0.25, 0.3) is 0 Å². The summed E-state index contributed by atoms with van der Waals surface area (Å²) in [4.78, 5) is 23.7. The van der Waals surface area contributed by atoms with E-state index in [-0.39, 0.29) is 18.0 Å². The van der Waals surface area contributed by atoms with Crippen molar-refractivity contribution in [1.29, 1.82) is 0 Å². The molecule has 5 heteroatoms. The fourth-order valence-corrected chi connectivity index (χ4v) is 1.83. The van der Waals surface area contributed by atoms with Gasteiger partial charge in [-0.15, -0.1) is 0 Å². The summed E-state index contributed by atoms with van der Waals surface area (Å²) in [5.41, 5.74) is 0.796. The van der Waals surface area contributed by atoms with E-state index >= 15 is 0 Å². The maximum atomic E-state index is 13.2. The number of nitrogens with one attached hydrogen (secondary N) is 1. The van der Waals surface area contributed by atoms with Crippen molar-refractivity contribution in [3.05, 3.63) is 35.1 Å². The molecule has 110 valence electrons. The van der Waals surface area contributed by atoms with Gasteiger partial charge in [-0.25, -0.2) is 4.39 Å². The smallest absolute Gasteiger partial charge is 0.307 e. The van der Waals surface area contributed by atoms with E-state index in [0.717, 1.165) is 6.42 Å². The van der Waals surface area contributed by atoms with Crippen molar-refractivity contribution >= 4 is 11.8 Å². The standard InChI is InChI=1S/C15H20FNO3/c1-4-7-17-13(9-14(18)20-3)15(19)11-5-6-12(16)10(2)8-11/h5-6,8,13,17H,4,7,9H2,1-3H3. The molecular formula is C15H20FNO3. The number of hydrogen-bond donors (Lipinski definition) is 1. The van der Waals surface area contributed by atoms with Crippen molar-refractivity contribution < 1.29 is 18.7 Å². The van der Waals surface area contributed by atoms with E-state index in [0.29, 0.717) is 17.7 Å². The van der Waals surface area contributed by atoms with Gasteiger partial charge >= 0.3 is 5.97 Å². The fourth-order valence-electron chi connectivity index (χ4n) is 1.83. The Balaban J connectivity index is 2.90. The van der Waals surface area contributed by atoms with Gasteiger partial charge in [0.2, 0.25) is 0 Å². The summed E-state index contributed by atoms with van der Waals surface area (Å²) in [7, 11) is 1.28. The van der Waals surface area contributed by atoms with Gasteiger partial charge in [-0.05, 0) is 43.7 Å². The van der Waals surface area contributed by atoms with E-state index in [1.54, 1.807) is 6.92 Å². The second-order valence-electron chi connectivity index (χ2n) is 4.62. The third-order valence-electron chi connectivity index (χ3n) is 3.00. The number of aryl methyl sites for hydroxylation is 1. The molecule has 0 fully saturated rings. The Labute approximate surface area is 118 Å². The van der Waals surface area contributed by atoms with E-state index in [4.69, 9.17) is 0 Å². The average Bonchev–Trinajstić information content (AvgIpc) is 2.45. The molecule has 4 nitrogen and oxygen atoms in total. The minimum atomic E-state index is -0.646. The van der Waals surface area contributed by atoms with Gasteiger partial charge in [-0.2, -0.15) is 0 Å². The van der Waals surface area contributed by atoms with Crippen LogP contribution in [0.25, 0.3) is 0 Å². The van der Waals surface area contributed by atoms with E-state index in [2.05, 4.69) is 10.1 Å². The van der Waals surface area contributed by atoms with Gasteiger partial charge in [0.1, 0.15) is 5.82 Å². The molecule has 0 aliphatic carbocycles. The molecule has 0 amide bonds. The number of methoxy groups -OCH3 is 1. The highest BCUT2D eigenvalue weighted by atomic mass is 19.1. The minimum Gasteiger partial charge on any atom is -0.469 e. The van der Waals surface area contributed by atoms with Crippen molar-refractivity contribution in [1.82, 2.24) is 5.32 Å². The summed E-state index contributed by atoms with van der Waals surface area (Å²) in [5.74, 6) is -1.04. The van der Waals surface area contributed by atoms with Crippen LogP contribution in [0, 0.1) is 12.7 Å². The minimum absolute atomic E-state index is 0.0360. The van der Waals surface area contributed by atoms with Gasteiger partial charge in [-0.1, -0.05) is 6.92 Å². The lowest BCUT2D eigenvalue weighted by molar-refractivity contribution is -0.140. The Bertz CT molecular complexity index is 488. The summed E-state index contributed by atoms with van der Waals surface area (Å²) in [6, 6.07) is 3.54. The summed E-state index contributed by atoms with van der Waals surface area (Å²) < 4.78 is 17.8. The van der Waals surface area contributed by atoms with Gasteiger partial charge in [-0.3, -0.25) is 9.59 Å². The number of hydrogen-bond acceptors (Lipinski definition) is 4. The van der Waals surface area contributed by atoms with Crippen molar-refractivity contribution in [2.24, 2.45) is 0 Å². The zero-order valence-electron chi connectivity index (χ0n) is 12.0. The molecule has 0 saturated carbocycles. The first kappa shape index (κ1) is 16.3. The van der Waals surface area contributed by atoms with Crippen LogP contribution < -0.4 is 5.32 Å². The highest BCUT2D eigenvalue weighted by molar-refractivity contribution is 6.01. The van der Waals surface area contributed by atoms with Crippen molar-refractivity contribution in [2.75, 3.05) is 13.7 Å². The lowest BCUT2D eigenvalue weighted by Gasteiger charge is -2.16. The van der Waals surface area contributed by atoms with Crippen LogP contribution in [0.3, 0.4) is 0 Å². The maximum absolute atomic E-state index is 13.2. The molecule has 0 bridgehead atoms. The van der Waals surface area contributed by atoms with Crippen molar-refractivity contribution in [3.8, 4) is 0 Å². The summed E-state index contributed by atoms with van der Waals surface area (Å²) in [6.07, 6.45) is 0.805. The molecule has 0 radical (unpaired) electrons. The predicted molar refractivity (Wildman–Crippen MR) is 74.2 cm³/mol. The SMILES string of the molecule is CCCNC(CC(=O)OC)C(=O)c1ccc(F)c(C)c1. The Morgan fingerprint density at radius 3 is 2.65 bits per heavy atom. The number of rotatable bonds is 7. The summed E-state index contributed by atoms with van der Waals surface area (Å²) >= 11 is 0. The zero-order valence-corrected chi connectivity index (χ0v) is 12.0. The Kier molecular flexibility index (Phi) is 6.31. The molecule has 0 saturated heterocycles. The Hall–Kier alpha value is -1.75. The van der Waals surface area contributed by atoms with Crippen LogP contribution >= 0.6 is 0 Å². The van der Waals surface area contributed by atoms with Gasteiger partial charge < -0.3 is 10.1 Å². The Morgan fingerprint density at radius 1 is 1.40 bits per heavy atom. The quantitative estimate of drug-likeness (QED) is 0.615. The molecular weight excluding hydrogens is 261 g/mol. The lowest BCUT2D eigenvalue weighted by Crippen LogP contribution is -2.39. The highest BCUT2D eigenvalue weighted by Gasteiger charge is 2.23. The van der Waals surface area contributed by atoms with Gasteiger partial charge in [0.15, 0.2) is 5.78 Å². The van der Waals surface area contributed by atoms with Crippen LogP contribution in [0.4, 0.5) is 4.39 Å². The topological polar surface area (TPSA) is 55.4 Å². The predicted octanol–water partition coefficient (Wildman–Crippen LogP) is 2.25. The number of Topliss-reactive ketones (excluding diaryl/α,β-unsaturated/α-hetero) is 1. The molecule has 0 heterocycles. The van der Waals surface area contributed by atoms with Crippen LogP contribution in [0.15, 0.2) is 18.2 Å². The summed E-state index contributed by atoms with van der Waals surface area (Å²) in [6.45, 7) is 4.18. The average molecular weight is 281 g/mol. The lowest BCUT2D eigenvalue weighted by atomic mass is 9.99. The number of carbonyl (C=O) groups is 2. The number of carbonyl (C=O) groups excluding carboxylic acids is 2. The maximum Gasteiger partial charge on any atom is 0.307 e. The largest absolute Gasteiger partial charge is 0.469 e. The number of halogens is 1. The second-order valence-corrected chi connectivity index (χ2v) is 4.62. The molecule has 1 atom stereocenters. The molecule has 0 aromatic heterocycles. The first-order valence-corrected chi connectivity index (χ1v) is 6.60. The molecule has 1 aromatic rings. The normalized spacial score (nSPS) is 12.0. The third kappa shape index (κ3) is 4.42. The van der Waals surface area contributed by atoms with E-state index < -0.39 is 12.0 Å². The fraction of sp³-hybridized carbons (Fsp3) is 0.467. The molecule has 1 rings (SSSR count). The molecule has 20 heavy (non-hydrogen) atoms. The monoisotopic (exact) mass is 281 g/mol. The van der Waals surface area contributed by atoms with E-state index in [9.17, 15) is 14.0 Å². The highest BCUT2D eigenvalue weighted by Crippen LogP contribution is 2.13. The van der Waals surface area contributed by atoms with E-state index in [1.807, 2.05) is 6.92 Å². The second kappa shape index (κ2) is 7.75. The van der Waals surface area contributed by atoms with Crippen LogP contribution in [0.5, 0.6) is 0 Å². The van der Waals surface area contributed by atoms with Crippen LogP contribution in [-0.2, 0) is 9.53 Å². The summed E-state index contributed by atoms with van der Waals surface area (Å²) in [5, 5.41) is 3.02. The van der Waals surface area contributed by atoms with Crippen molar-refractivity contribution in [2.45, 2.75) is 32.7 Å². The van der Waals surface area contributed by atoms with Crippen molar-refractivity contribution in [3.63, 3.8) is 0 Å². The molecule has 1 N–H and O–H groups in total. The molecule has 0 aliphatic rings.